The van der Waals surface area contributed by atoms with Crippen LogP contribution in [0.1, 0.15) is 110 Å². The molecule has 1 atom stereocenters. The Kier molecular flexibility index (Phi) is 16.2. The Morgan fingerprint density at radius 2 is 1.17 bits per heavy atom. The smallest absolute Gasteiger partial charge is 0.149 e. The maximum atomic E-state index is 11.5. The van der Waals surface area contributed by atoms with Gasteiger partial charge in [-0.05, 0) is 18.8 Å². The van der Waals surface area contributed by atoms with Gasteiger partial charge in [0.2, 0.25) is 0 Å². The fourth-order valence-corrected chi connectivity index (χ4v) is 2.97. The predicted molar refractivity (Wildman–Crippen MR) is 102 cm³/mol. The van der Waals surface area contributed by atoms with Crippen LogP contribution in [0.25, 0.3) is 0 Å². The summed E-state index contributed by atoms with van der Waals surface area (Å²) in [5.41, 5.74) is 5.66. The van der Waals surface area contributed by atoms with Gasteiger partial charge in [0.05, 0.1) is 6.04 Å². The third-order valence-electron chi connectivity index (χ3n) is 4.68. The van der Waals surface area contributed by atoms with Gasteiger partial charge in [0.1, 0.15) is 5.78 Å². The van der Waals surface area contributed by atoms with Crippen molar-refractivity contribution in [1.82, 2.24) is 0 Å². The molecule has 0 fully saturated rings. The van der Waals surface area contributed by atoms with Crippen molar-refractivity contribution in [2.75, 3.05) is 0 Å². The molecule has 0 rings (SSSR count). The zero-order valence-electron chi connectivity index (χ0n) is 16.0. The lowest BCUT2D eigenvalue weighted by atomic mass is 10.0. The summed E-state index contributed by atoms with van der Waals surface area (Å²) in [5.74, 6) is 1.06. The first-order valence-corrected chi connectivity index (χ1v) is 10.2. The molecule has 1 unspecified atom stereocenters. The number of Topliss-reactive ketones (excluding diaryl/α,β-unsaturated/α-hetero) is 1. The number of carbonyl (C=O) groups is 1. The molecular formula is C21H42NO. The number of ketones is 1. The van der Waals surface area contributed by atoms with Crippen molar-refractivity contribution in [2.45, 2.75) is 116 Å². The second-order valence-electron chi connectivity index (χ2n) is 7.54. The van der Waals surface area contributed by atoms with Crippen molar-refractivity contribution < 1.29 is 4.79 Å². The Morgan fingerprint density at radius 3 is 1.57 bits per heavy atom. The van der Waals surface area contributed by atoms with Gasteiger partial charge in [-0.3, -0.25) is 4.79 Å². The highest BCUT2D eigenvalue weighted by Gasteiger charge is 2.09. The molecule has 0 saturated carbocycles. The molecule has 0 aromatic carbocycles. The molecule has 2 N–H and O–H groups in total. The molecule has 0 heterocycles. The first-order chi connectivity index (χ1) is 11.1. The standard InChI is InChI=1S/C21H42NO/c1-4-20(22)21(23)18-16-14-12-10-8-6-5-7-9-11-13-15-17-19(2)3/h19-20H,1,4-18,22H2,2-3H3. The van der Waals surface area contributed by atoms with Gasteiger partial charge in [-0.15, -0.1) is 0 Å². The molecule has 0 aliphatic heterocycles. The molecule has 0 aliphatic carbocycles. The summed E-state index contributed by atoms with van der Waals surface area (Å²) in [6, 6.07) is -0.333. The Balaban J connectivity index is 3.12. The highest BCUT2D eigenvalue weighted by Crippen LogP contribution is 2.14. The Morgan fingerprint density at radius 1 is 0.783 bits per heavy atom. The van der Waals surface area contributed by atoms with Crippen molar-refractivity contribution in [2.24, 2.45) is 11.7 Å². The molecule has 2 nitrogen and oxygen atoms in total. The van der Waals surface area contributed by atoms with Gasteiger partial charge in [0, 0.05) is 6.42 Å². The topological polar surface area (TPSA) is 43.1 Å². The first kappa shape index (κ1) is 22.6. The molecule has 0 aromatic heterocycles. The normalized spacial score (nSPS) is 12.7. The molecule has 2 heteroatoms. The SMILES string of the molecule is [CH2]CC(N)C(=O)CCCCCCCCCCCCCCC(C)C. The summed E-state index contributed by atoms with van der Waals surface area (Å²) in [6.45, 7) is 8.31. The van der Waals surface area contributed by atoms with E-state index in [4.69, 9.17) is 5.73 Å². The van der Waals surface area contributed by atoms with Gasteiger partial charge in [-0.2, -0.15) is 0 Å². The van der Waals surface area contributed by atoms with Gasteiger partial charge < -0.3 is 5.73 Å². The summed E-state index contributed by atoms with van der Waals surface area (Å²) in [6.07, 6.45) is 18.6. The van der Waals surface area contributed by atoms with Crippen LogP contribution in [0.2, 0.25) is 0 Å². The maximum absolute atomic E-state index is 11.5. The van der Waals surface area contributed by atoms with E-state index in [-0.39, 0.29) is 11.8 Å². The van der Waals surface area contributed by atoms with Crippen molar-refractivity contribution >= 4 is 5.78 Å². The fraction of sp³-hybridized carbons (Fsp3) is 0.905. The average Bonchev–Trinajstić information content (AvgIpc) is 2.53. The summed E-state index contributed by atoms with van der Waals surface area (Å²) < 4.78 is 0. The quantitative estimate of drug-likeness (QED) is 0.322. The third-order valence-corrected chi connectivity index (χ3v) is 4.68. The minimum absolute atomic E-state index is 0.188. The summed E-state index contributed by atoms with van der Waals surface area (Å²) >= 11 is 0. The molecule has 0 aliphatic rings. The van der Waals surface area contributed by atoms with Crippen LogP contribution in [0.5, 0.6) is 0 Å². The van der Waals surface area contributed by atoms with E-state index in [2.05, 4.69) is 20.8 Å². The summed E-state index contributed by atoms with van der Waals surface area (Å²) in [4.78, 5) is 11.5. The number of hydrogen-bond acceptors (Lipinski definition) is 2. The van der Waals surface area contributed by atoms with Crippen molar-refractivity contribution in [3.05, 3.63) is 6.92 Å². The number of carbonyl (C=O) groups excluding carboxylic acids is 1. The number of unbranched alkanes of at least 4 members (excludes halogenated alkanes) is 11. The average molecular weight is 325 g/mol. The maximum Gasteiger partial charge on any atom is 0.149 e. The van der Waals surface area contributed by atoms with Crippen LogP contribution in [0.15, 0.2) is 0 Å². The highest BCUT2D eigenvalue weighted by atomic mass is 16.1. The van der Waals surface area contributed by atoms with Crippen LogP contribution in [0, 0.1) is 12.8 Å². The lowest BCUT2D eigenvalue weighted by molar-refractivity contribution is -0.120. The second kappa shape index (κ2) is 16.5. The van der Waals surface area contributed by atoms with E-state index >= 15 is 0 Å². The minimum Gasteiger partial charge on any atom is -0.322 e. The van der Waals surface area contributed by atoms with Crippen molar-refractivity contribution in [3.8, 4) is 0 Å². The van der Waals surface area contributed by atoms with E-state index in [9.17, 15) is 4.79 Å². The van der Waals surface area contributed by atoms with Crippen LogP contribution >= 0.6 is 0 Å². The van der Waals surface area contributed by atoms with E-state index < -0.39 is 0 Å². The summed E-state index contributed by atoms with van der Waals surface area (Å²) in [5, 5.41) is 0. The Bertz CT molecular complexity index is 263. The molecule has 0 bridgehead atoms. The van der Waals surface area contributed by atoms with E-state index in [0.29, 0.717) is 12.8 Å². The zero-order valence-corrected chi connectivity index (χ0v) is 16.0. The minimum atomic E-state index is -0.333. The van der Waals surface area contributed by atoms with Gasteiger partial charge in [-0.25, -0.2) is 0 Å². The highest BCUT2D eigenvalue weighted by molar-refractivity contribution is 5.83. The third kappa shape index (κ3) is 16.3. The Labute approximate surface area is 146 Å². The predicted octanol–water partition coefficient (Wildman–Crippen LogP) is 6.22. The molecular weight excluding hydrogens is 282 g/mol. The summed E-state index contributed by atoms with van der Waals surface area (Å²) in [7, 11) is 0. The van der Waals surface area contributed by atoms with E-state index in [0.717, 1.165) is 12.3 Å². The number of hydrogen-bond donors (Lipinski definition) is 1. The zero-order chi connectivity index (χ0) is 17.3. The molecule has 0 spiro atoms. The number of rotatable bonds is 17. The molecule has 0 aromatic rings. The van der Waals surface area contributed by atoms with Gasteiger partial charge in [-0.1, -0.05) is 97.8 Å². The molecule has 23 heavy (non-hydrogen) atoms. The molecule has 0 amide bonds. The first-order valence-electron chi connectivity index (χ1n) is 10.2. The Hall–Kier alpha value is -0.370. The van der Waals surface area contributed by atoms with Crippen molar-refractivity contribution in [3.63, 3.8) is 0 Å². The number of nitrogens with two attached hydrogens (primary N) is 1. The van der Waals surface area contributed by atoms with Crippen LogP contribution in [0.3, 0.4) is 0 Å². The fourth-order valence-electron chi connectivity index (χ4n) is 2.97. The van der Waals surface area contributed by atoms with Crippen LogP contribution in [-0.4, -0.2) is 11.8 Å². The van der Waals surface area contributed by atoms with Crippen molar-refractivity contribution in [1.29, 1.82) is 0 Å². The van der Waals surface area contributed by atoms with Gasteiger partial charge in [0.15, 0.2) is 0 Å². The van der Waals surface area contributed by atoms with Gasteiger partial charge >= 0.3 is 0 Å². The molecule has 0 saturated heterocycles. The van der Waals surface area contributed by atoms with Gasteiger partial charge in [0.25, 0.3) is 0 Å². The lowest BCUT2D eigenvalue weighted by Crippen LogP contribution is -2.29. The van der Waals surface area contributed by atoms with E-state index in [1.54, 1.807) is 0 Å². The van der Waals surface area contributed by atoms with Crippen LogP contribution < -0.4 is 5.73 Å². The van der Waals surface area contributed by atoms with E-state index in [1.807, 2.05) is 0 Å². The van der Waals surface area contributed by atoms with E-state index in [1.165, 1.54) is 77.0 Å². The lowest BCUT2D eigenvalue weighted by Gasteiger charge is -2.07. The van der Waals surface area contributed by atoms with Crippen LogP contribution in [-0.2, 0) is 4.79 Å². The molecule has 137 valence electrons. The second-order valence-corrected chi connectivity index (χ2v) is 7.54. The largest absolute Gasteiger partial charge is 0.322 e. The van der Waals surface area contributed by atoms with Crippen LogP contribution in [0.4, 0.5) is 0 Å². The molecule has 1 radical (unpaired) electrons. The monoisotopic (exact) mass is 324 g/mol.